The van der Waals surface area contributed by atoms with E-state index in [0.717, 1.165) is 0 Å². The number of esters is 2. The highest BCUT2D eigenvalue weighted by atomic mass is 16.6. The molecule has 0 atom stereocenters. The van der Waals surface area contributed by atoms with E-state index in [4.69, 9.17) is 18.9 Å². The van der Waals surface area contributed by atoms with Gasteiger partial charge < -0.3 is 23.7 Å². The van der Waals surface area contributed by atoms with Gasteiger partial charge in [-0.3, -0.25) is 0 Å². The largest absolute Gasteiger partial charge is 0.493 e. The Morgan fingerprint density at radius 1 is 0.920 bits per heavy atom. The molecular formula is C18H16O7. The zero-order valence-corrected chi connectivity index (χ0v) is 13.7. The van der Waals surface area contributed by atoms with E-state index in [1.807, 2.05) is 0 Å². The summed E-state index contributed by atoms with van der Waals surface area (Å²) in [6, 6.07) is 9.12. The summed E-state index contributed by atoms with van der Waals surface area (Å²) in [6.45, 7) is 0.809. The predicted octanol–water partition coefficient (Wildman–Crippen LogP) is 2.47. The number of hydrogen-bond acceptors (Lipinski definition) is 7. The molecule has 0 bridgehead atoms. The summed E-state index contributed by atoms with van der Waals surface area (Å²) in [6.07, 6.45) is 0. The number of methoxy groups -OCH3 is 2. The molecule has 0 saturated heterocycles. The van der Waals surface area contributed by atoms with Crippen LogP contribution in [0.4, 0.5) is 0 Å². The predicted molar refractivity (Wildman–Crippen MR) is 86.7 cm³/mol. The summed E-state index contributed by atoms with van der Waals surface area (Å²) >= 11 is 0. The molecule has 0 unspecified atom stereocenters. The van der Waals surface area contributed by atoms with Crippen LogP contribution in [0.15, 0.2) is 36.4 Å². The van der Waals surface area contributed by atoms with Gasteiger partial charge in [-0.15, -0.1) is 0 Å². The second kappa shape index (κ2) is 7.12. The molecule has 0 fully saturated rings. The maximum absolute atomic E-state index is 12.4. The molecule has 3 rings (SSSR count). The fourth-order valence-corrected chi connectivity index (χ4v) is 2.33. The minimum Gasteiger partial charge on any atom is -0.493 e. The molecule has 2 aromatic carbocycles. The second-order valence-corrected chi connectivity index (χ2v) is 5.11. The summed E-state index contributed by atoms with van der Waals surface area (Å²) in [5.41, 5.74) is 0.626. The standard InChI is InChI=1S/C18H16O7/c1-21-14-9-12(10-15-16(14)24-8-7-23-15)18(20)25-13-5-3-11(4-6-13)17(19)22-2/h3-6,9-10H,7-8H2,1-2H3. The van der Waals surface area contributed by atoms with Gasteiger partial charge in [0, 0.05) is 0 Å². The van der Waals surface area contributed by atoms with E-state index in [-0.39, 0.29) is 5.56 Å². The SMILES string of the molecule is COC(=O)c1ccc(OC(=O)c2cc(OC)c3c(c2)OCCO3)cc1. The van der Waals surface area contributed by atoms with Gasteiger partial charge in [-0.05, 0) is 36.4 Å². The van der Waals surface area contributed by atoms with Crippen molar-refractivity contribution in [3.63, 3.8) is 0 Å². The van der Waals surface area contributed by atoms with Gasteiger partial charge in [0.2, 0.25) is 5.75 Å². The average molecular weight is 344 g/mol. The lowest BCUT2D eigenvalue weighted by Crippen LogP contribution is -2.17. The van der Waals surface area contributed by atoms with Crippen molar-refractivity contribution in [2.45, 2.75) is 0 Å². The molecule has 0 aliphatic carbocycles. The summed E-state index contributed by atoms with van der Waals surface area (Å²) in [7, 11) is 2.78. The molecule has 0 aromatic heterocycles. The van der Waals surface area contributed by atoms with Crippen molar-refractivity contribution in [3.05, 3.63) is 47.5 Å². The Labute approximate surface area is 144 Å². The van der Waals surface area contributed by atoms with Crippen molar-refractivity contribution in [1.82, 2.24) is 0 Å². The highest BCUT2D eigenvalue weighted by Gasteiger charge is 2.22. The third-order valence-electron chi connectivity index (χ3n) is 3.55. The molecule has 0 N–H and O–H groups in total. The quantitative estimate of drug-likeness (QED) is 0.622. The highest BCUT2D eigenvalue weighted by molar-refractivity contribution is 5.93. The van der Waals surface area contributed by atoms with Crippen molar-refractivity contribution in [2.75, 3.05) is 27.4 Å². The van der Waals surface area contributed by atoms with Crippen molar-refractivity contribution in [1.29, 1.82) is 0 Å². The van der Waals surface area contributed by atoms with Gasteiger partial charge in [0.15, 0.2) is 11.5 Å². The number of rotatable bonds is 4. The molecular weight excluding hydrogens is 328 g/mol. The number of fused-ring (bicyclic) bond motifs is 1. The number of carbonyl (C=O) groups is 2. The van der Waals surface area contributed by atoms with Crippen LogP contribution in [0.1, 0.15) is 20.7 Å². The first-order valence-corrected chi connectivity index (χ1v) is 7.50. The molecule has 0 saturated carbocycles. The zero-order chi connectivity index (χ0) is 17.8. The van der Waals surface area contributed by atoms with Gasteiger partial charge >= 0.3 is 11.9 Å². The van der Waals surface area contributed by atoms with E-state index in [9.17, 15) is 9.59 Å². The number of benzene rings is 2. The molecule has 130 valence electrons. The van der Waals surface area contributed by atoms with Crippen LogP contribution < -0.4 is 18.9 Å². The summed E-state index contributed by atoms with van der Waals surface area (Å²) < 4.78 is 26.2. The first-order chi connectivity index (χ1) is 12.1. The monoisotopic (exact) mass is 344 g/mol. The normalized spacial score (nSPS) is 12.2. The van der Waals surface area contributed by atoms with E-state index in [1.165, 1.54) is 44.6 Å². The van der Waals surface area contributed by atoms with Crippen LogP contribution in [0, 0.1) is 0 Å². The van der Waals surface area contributed by atoms with Gasteiger partial charge in [-0.25, -0.2) is 9.59 Å². The van der Waals surface area contributed by atoms with E-state index < -0.39 is 11.9 Å². The number of carbonyl (C=O) groups excluding carboxylic acids is 2. The first-order valence-electron chi connectivity index (χ1n) is 7.50. The molecule has 7 nitrogen and oxygen atoms in total. The lowest BCUT2D eigenvalue weighted by Gasteiger charge is -2.21. The van der Waals surface area contributed by atoms with Crippen LogP contribution in [0.25, 0.3) is 0 Å². The molecule has 0 amide bonds. The number of hydrogen-bond donors (Lipinski definition) is 0. The van der Waals surface area contributed by atoms with Gasteiger partial charge in [0.05, 0.1) is 25.3 Å². The number of ether oxygens (including phenoxy) is 5. The molecule has 2 aromatic rings. The zero-order valence-electron chi connectivity index (χ0n) is 13.7. The van der Waals surface area contributed by atoms with E-state index in [2.05, 4.69) is 4.74 Å². The van der Waals surface area contributed by atoms with Crippen LogP contribution in [-0.2, 0) is 4.74 Å². The Morgan fingerprint density at radius 2 is 1.64 bits per heavy atom. The minimum absolute atomic E-state index is 0.262. The van der Waals surface area contributed by atoms with E-state index in [0.29, 0.717) is 41.8 Å². The summed E-state index contributed by atoms with van der Waals surface area (Å²) in [4.78, 5) is 23.8. The van der Waals surface area contributed by atoms with Crippen molar-refractivity contribution in [3.8, 4) is 23.0 Å². The molecule has 0 radical (unpaired) electrons. The van der Waals surface area contributed by atoms with Gasteiger partial charge in [0.1, 0.15) is 19.0 Å². The lowest BCUT2D eigenvalue weighted by atomic mass is 10.1. The van der Waals surface area contributed by atoms with Crippen molar-refractivity contribution in [2.24, 2.45) is 0 Å². The highest BCUT2D eigenvalue weighted by Crippen LogP contribution is 2.40. The van der Waals surface area contributed by atoms with E-state index in [1.54, 1.807) is 6.07 Å². The van der Waals surface area contributed by atoms with Crippen LogP contribution in [-0.4, -0.2) is 39.4 Å². The van der Waals surface area contributed by atoms with E-state index >= 15 is 0 Å². The molecule has 7 heteroatoms. The Balaban J connectivity index is 1.80. The topological polar surface area (TPSA) is 80.3 Å². The second-order valence-electron chi connectivity index (χ2n) is 5.11. The molecule has 1 heterocycles. The maximum atomic E-state index is 12.4. The van der Waals surface area contributed by atoms with Crippen LogP contribution in [0.3, 0.4) is 0 Å². The molecule has 1 aliphatic heterocycles. The molecule has 25 heavy (non-hydrogen) atoms. The van der Waals surface area contributed by atoms with Gasteiger partial charge in [-0.2, -0.15) is 0 Å². The fraction of sp³-hybridized carbons (Fsp3) is 0.222. The molecule has 1 aliphatic rings. The van der Waals surface area contributed by atoms with Crippen LogP contribution in [0.2, 0.25) is 0 Å². The Bertz CT molecular complexity index is 779. The van der Waals surface area contributed by atoms with Crippen LogP contribution in [0.5, 0.6) is 23.0 Å². The van der Waals surface area contributed by atoms with Crippen molar-refractivity contribution < 1.29 is 33.3 Å². The Hall–Kier alpha value is -3.22. The van der Waals surface area contributed by atoms with Crippen molar-refractivity contribution >= 4 is 11.9 Å². The first kappa shape index (κ1) is 16.6. The van der Waals surface area contributed by atoms with Gasteiger partial charge in [-0.1, -0.05) is 0 Å². The summed E-state index contributed by atoms with van der Waals surface area (Å²) in [5.74, 6) is 0.540. The minimum atomic E-state index is -0.582. The fourth-order valence-electron chi connectivity index (χ4n) is 2.33. The molecule has 0 spiro atoms. The summed E-state index contributed by atoms with van der Waals surface area (Å²) in [5, 5.41) is 0. The third kappa shape index (κ3) is 3.50. The third-order valence-corrected chi connectivity index (χ3v) is 3.55. The average Bonchev–Trinajstić information content (AvgIpc) is 2.67. The Morgan fingerprint density at radius 3 is 2.32 bits per heavy atom. The lowest BCUT2D eigenvalue weighted by molar-refractivity contribution is 0.0600. The van der Waals surface area contributed by atoms with Crippen LogP contribution >= 0.6 is 0 Å². The Kier molecular flexibility index (Phi) is 4.74. The smallest absolute Gasteiger partial charge is 0.343 e. The maximum Gasteiger partial charge on any atom is 0.343 e. The van der Waals surface area contributed by atoms with Gasteiger partial charge in [0.25, 0.3) is 0 Å².